The van der Waals surface area contributed by atoms with Gasteiger partial charge in [-0.1, -0.05) is 28.1 Å². The number of alkyl halides is 1. The van der Waals surface area contributed by atoms with Crippen molar-refractivity contribution in [2.45, 2.75) is 30.5 Å². The SMILES string of the molecule is COCCOc1cc(CC2CCN(CCc3ccc4c(c3)C(=O)C(Br)CO4)CC2)ccc1Br. The van der Waals surface area contributed by atoms with Crippen LogP contribution in [0.4, 0.5) is 0 Å². The van der Waals surface area contributed by atoms with E-state index in [-0.39, 0.29) is 10.6 Å². The van der Waals surface area contributed by atoms with Crippen LogP contribution < -0.4 is 9.47 Å². The number of fused-ring (bicyclic) bond motifs is 1. The third-order valence-electron chi connectivity index (χ3n) is 6.47. The fourth-order valence-corrected chi connectivity index (χ4v) is 5.25. The Kier molecular flexibility index (Phi) is 8.85. The van der Waals surface area contributed by atoms with Gasteiger partial charge >= 0.3 is 0 Å². The molecule has 0 aromatic heterocycles. The number of halogens is 2. The summed E-state index contributed by atoms with van der Waals surface area (Å²) in [5, 5.41) is 0. The number of carbonyl (C=O) groups is 1. The van der Waals surface area contributed by atoms with Crippen LogP contribution in [-0.4, -0.2) is 62.1 Å². The molecule has 1 fully saturated rings. The van der Waals surface area contributed by atoms with Gasteiger partial charge < -0.3 is 19.1 Å². The monoisotopic (exact) mass is 579 g/mol. The van der Waals surface area contributed by atoms with E-state index in [2.05, 4.69) is 61.0 Å². The molecule has 0 bridgehead atoms. The molecule has 0 N–H and O–H groups in total. The summed E-state index contributed by atoms with van der Waals surface area (Å²) in [5.74, 6) is 2.42. The van der Waals surface area contributed by atoms with Crippen LogP contribution in [0.25, 0.3) is 0 Å². The lowest BCUT2D eigenvalue weighted by Crippen LogP contribution is -2.35. The second kappa shape index (κ2) is 11.8. The third-order valence-corrected chi connectivity index (χ3v) is 7.80. The second-order valence-corrected chi connectivity index (χ2v) is 10.8. The molecule has 2 aromatic carbocycles. The molecule has 1 saturated heterocycles. The summed E-state index contributed by atoms with van der Waals surface area (Å²) in [7, 11) is 1.68. The molecule has 4 rings (SSSR count). The molecule has 0 radical (unpaired) electrons. The van der Waals surface area contributed by atoms with Gasteiger partial charge in [0.25, 0.3) is 0 Å². The van der Waals surface area contributed by atoms with Crippen LogP contribution in [0.3, 0.4) is 0 Å². The van der Waals surface area contributed by atoms with Crippen molar-refractivity contribution in [1.29, 1.82) is 0 Å². The topological polar surface area (TPSA) is 48.0 Å². The number of ketones is 1. The van der Waals surface area contributed by atoms with E-state index in [1.165, 1.54) is 24.0 Å². The maximum Gasteiger partial charge on any atom is 0.183 e. The Bertz CT molecular complexity index is 959. The standard InChI is InChI=1S/C26H31Br2NO4/c1-31-12-13-32-25-16-20(2-4-22(25)27)14-19-7-10-29(11-8-19)9-6-18-3-5-24-21(15-18)26(30)23(28)17-33-24/h2-5,15-16,19,23H,6-14,17H2,1H3. The van der Waals surface area contributed by atoms with Gasteiger partial charge in [0.1, 0.15) is 29.5 Å². The van der Waals surface area contributed by atoms with Crippen molar-refractivity contribution in [3.8, 4) is 11.5 Å². The van der Waals surface area contributed by atoms with E-state index in [4.69, 9.17) is 14.2 Å². The molecular formula is C26H31Br2NO4. The van der Waals surface area contributed by atoms with Crippen molar-refractivity contribution in [2.75, 3.05) is 46.6 Å². The summed E-state index contributed by atoms with van der Waals surface area (Å²) in [6.45, 7) is 4.81. The van der Waals surface area contributed by atoms with Crippen molar-refractivity contribution in [3.63, 3.8) is 0 Å². The lowest BCUT2D eigenvalue weighted by Gasteiger charge is -2.32. The van der Waals surface area contributed by atoms with Gasteiger partial charge in [0.15, 0.2) is 5.78 Å². The molecule has 1 unspecified atom stereocenters. The average Bonchev–Trinajstić information content (AvgIpc) is 2.83. The molecule has 33 heavy (non-hydrogen) atoms. The van der Waals surface area contributed by atoms with Gasteiger partial charge in [0.2, 0.25) is 0 Å². The molecule has 2 heterocycles. The Morgan fingerprint density at radius 2 is 1.88 bits per heavy atom. The molecule has 0 amide bonds. The van der Waals surface area contributed by atoms with E-state index in [9.17, 15) is 4.79 Å². The molecule has 2 aliphatic rings. The summed E-state index contributed by atoms with van der Waals surface area (Å²) in [6, 6.07) is 12.5. The highest BCUT2D eigenvalue weighted by Crippen LogP contribution is 2.30. The van der Waals surface area contributed by atoms with Crippen molar-refractivity contribution in [2.24, 2.45) is 5.92 Å². The van der Waals surface area contributed by atoms with E-state index in [0.717, 1.165) is 42.7 Å². The van der Waals surface area contributed by atoms with Crippen molar-refractivity contribution >= 4 is 37.6 Å². The Labute approximate surface area is 213 Å². The highest BCUT2D eigenvalue weighted by atomic mass is 79.9. The fraction of sp³-hybridized carbons (Fsp3) is 0.500. The molecule has 0 spiro atoms. The highest BCUT2D eigenvalue weighted by Gasteiger charge is 2.27. The van der Waals surface area contributed by atoms with E-state index < -0.39 is 0 Å². The Hall–Kier alpha value is -1.41. The normalized spacial score (nSPS) is 19.2. The predicted octanol–water partition coefficient (Wildman–Crippen LogP) is 5.31. The summed E-state index contributed by atoms with van der Waals surface area (Å²) >= 11 is 6.98. The van der Waals surface area contributed by atoms with Crippen LogP contribution in [0, 0.1) is 5.92 Å². The number of carbonyl (C=O) groups excluding carboxylic acids is 1. The smallest absolute Gasteiger partial charge is 0.183 e. The van der Waals surface area contributed by atoms with Crippen LogP contribution in [-0.2, 0) is 17.6 Å². The van der Waals surface area contributed by atoms with E-state index in [1.807, 2.05) is 12.1 Å². The lowest BCUT2D eigenvalue weighted by atomic mass is 9.90. The molecular weight excluding hydrogens is 550 g/mol. The molecule has 2 aromatic rings. The first-order valence-corrected chi connectivity index (χ1v) is 13.3. The van der Waals surface area contributed by atoms with E-state index in [1.54, 1.807) is 7.11 Å². The van der Waals surface area contributed by atoms with Crippen LogP contribution >= 0.6 is 31.9 Å². The first-order chi connectivity index (χ1) is 16.0. The van der Waals surface area contributed by atoms with Gasteiger partial charge in [-0.15, -0.1) is 0 Å². The van der Waals surface area contributed by atoms with Gasteiger partial charge in [-0.3, -0.25) is 4.79 Å². The third kappa shape index (κ3) is 6.59. The number of rotatable bonds is 9. The van der Waals surface area contributed by atoms with Crippen LogP contribution in [0.1, 0.15) is 34.3 Å². The van der Waals surface area contributed by atoms with Gasteiger partial charge in [-0.2, -0.15) is 0 Å². The summed E-state index contributed by atoms with van der Waals surface area (Å²) < 4.78 is 17.6. The number of Topliss-reactive ketones (excluding diaryl/α,β-unsaturated/α-hetero) is 1. The Morgan fingerprint density at radius 1 is 1.09 bits per heavy atom. The van der Waals surface area contributed by atoms with Gasteiger partial charge in [0, 0.05) is 13.7 Å². The minimum absolute atomic E-state index is 0.124. The number of piperidine rings is 1. The van der Waals surface area contributed by atoms with Crippen molar-refractivity contribution in [1.82, 2.24) is 4.90 Å². The molecule has 5 nitrogen and oxygen atoms in total. The zero-order chi connectivity index (χ0) is 23.2. The number of benzene rings is 2. The Morgan fingerprint density at radius 3 is 2.67 bits per heavy atom. The Balaban J connectivity index is 1.24. The van der Waals surface area contributed by atoms with Crippen LogP contribution in [0.15, 0.2) is 40.9 Å². The molecule has 2 aliphatic heterocycles. The average molecular weight is 581 g/mol. The number of methoxy groups -OCH3 is 1. The molecule has 178 valence electrons. The first-order valence-electron chi connectivity index (χ1n) is 11.6. The first kappa shape index (κ1) is 24.7. The zero-order valence-electron chi connectivity index (χ0n) is 19.0. The summed E-state index contributed by atoms with van der Waals surface area (Å²) in [5.41, 5.74) is 3.24. The molecule has 0 aliphatic carbocycles. The highest BCUT2D eigenvalue weighted by molar-refractivity contribution is 9.10. The van der Waals surface area contributed by atoms with Gasteiger partial charge in [-0.05, 0) is 96.0 Å². The summed E-state index contributed by atoms with van der Waals surface area (Å²) in [6.07, 6.45) is 4.45. The summed E-state index contributed by atoms with van der Waals surface area (Å²) in [4.78, 5) is 14.7. The van der Waals surface area contributed by atoms with Gasteiger partial charge in [-0.25, -0.2) is 0 Å². The van der Waals surface area contributed by atoms with E-state index in [0.29, 0.717) is 37.1 Å². The van der Waals surface area contributed by atoms with Crippen LogP contribution in [0.5, 0.6) is 11.5 Å². The lowest BCUT2D eigenvalue weighted by molar-refractivity contribution is 0.0946. The minimum Gasteiger partial charge on any atom is -0.491 e. The number of hydrogen-bond donors (Lipinski definition) is 0. The van der Waals surface area contributed by atoms with Crippen LogP contribution in [0.2, 0.25) is 0 Å². The fourth-order valence-electron chi connectivity index (χ4n) is 4.51. The largest absolute Gasteiger partial charge is 0.491 e. The van der Waals surface area contributed by atoms with Crippen molar-refractivity contribution in [3.05, 3.63) is 57.6 Å². The minimum atomic E-state index is -0.238. The zero-order valence-corrected chi connectivity index (χ0v) is 22.2. The number of nitrogens with zero attached hydrogens (tertiary/aromatic N) is 1. The van der Waals surface area contributed by atoms with Crippen molar-refractivity contribution < 1.29 is 19.0 Å². The maximum absolute atomic E-state index is 12.4. The number of likely N-dealkylation sites (tertiary alicyclic amines) is 1. The molecule has 7 heteroatoms. The molecule has 0 saturated carbocycles. The quantitative estimate of drug-likeness (QED) is 0.297. The number of ether oxygens (including phenoxy) is 3. The predicted molar refractivity (Wildman–Crippen MR) is 137 cm³/mol. The number of hydrogen-bond acceptors (Lipinski definition) is 5. The van der Waals surface area contributed by atoms with E-state index >= 15 is 0 Å². The maximum atomic E-state index is 12.4. The second-order valence-electron chi connectivity index (χ2n) is 8.82. The van der Waals surface area contributed by atoms with Gasteiger partial charge in [0.05, 0.1) is 16.6 Å². The molecule has 1 atom stereocenters.